The van der Waals surface area contributed by atoms with Gasteiger partial charge in [-0.15, -0.1) is 11.3 Å². The number of nitrogens with one attached hydrogen (secondary N) is 3. The number of carbonyl (C=O) groups excluding carboxylic acids is 3. The van der Waals surface area contributed by atoms with Crippen LogP contribution in [0, 0.1) is 12.8 Å². The Morgan fingerprint density at radius 3 is 2.71 bits per heavy atom. The van der Waals surface area contributed by atoms with Crippen LogP contribution < -0.4 is 16.2 Å². The van der Waals surface area contributed by atoms with Crippen LogP contribution in [0.15, 0.2) is 30.3 Å². The Morgan fingerprint density at radius 2 is 1.93 bits per heavy atom. The SMILES string of the molecule is Cc1ccccc1C(=O)NCCC(=O)NNC(=O)c1cc2c(s1)CC[C@H](C)C2. The largest absolute Gasteiger partial charge is 0.352 e. The third-order valence-electron chi connectivity index (χ3n) is 4.90. The molecule has 0 unspecified atom stereocenters. The molecule has 0 fully saturated rings. The van der Waals surface area contributed by atoms with Crippen molar-refractivity contribution < 1.29 is 14.4 Å². The number of amides is 3. The Bertz CT molecular complexity index is 891. The molecule has 1 atom stereocenters. The summed E-state index contributed by atoms with van der Waals surface area (Å²) in [6.45, 7) is 4.28. The van der Waals surface area contributed by atoms with Gasteiger partial charge in [0, 0.05) is 23.4 Å². The van der Waals surface area contributed by atoms with Gasteiger partial charge in [0.05, 0.1) is 4.88 Å². The normalized spacial score (nSPS) is 15.4. The first-order valence-corrected chi connectivity index (χ1v) is 10.3. The van der Waals surface area contributed by atoms with Gasteiger partial charge in [0.2, 0.25) is 5.91 Å². The van der Waals surface area contributed by atoms with Crippen LogP contribution in [0.25, 0.3) is 0 Å². The summed E-state index contributed by atoms with van der Waals surface area (Å²) < 4.78 is 0. The van der Waals surface area contributed by atoms with E-state index >= 15 is 0 Å². The van der Waals surface area contributed by atoms with Crippen LogP contribution in [0.3, 0.4) is 0 Å². The minimum atomic E-state index is -0.353. The molecule has 3 rings (SSSR count). The molecule has 1 aromatic heterocycles. The van der Waals surface area contributed by atoms with Crippen molar-refractivity contribution in [1.29, 1.82) is 0 Å². The molecule has 0 saturated carbocycles. The van der Waals surface area contributed by atoms with E-state index in [0.29, 0.717) is 16.4 Å². The molecule has 1 heterocycles. The highest BCUT2D eigenvalue weighted by Gasteiger charge is 2.20. The number of rotatable bonds is 5. The topological polar surface area (TPSA) is 87.3 Å². The van der Waals surface area contributed by atoms with E-state index in [-0.39, 0.29) is 30.7 Å². The number of hydrogen-bond acceptors (Lipinski definition) is 4. The van der Waals surface area contributed by atoms with Crippen LogP contribution in [-0.4, -0.2) is 24.3 Å². The first-order valence-electron chi connectivity index (χ1n) is 9.48. The quantitative estimate of drug-likeness (QED) is 0.676. The second-order valence-electron chi connectivity index (χ2n) is 7.23. The third-order valence-corrected chi connectivity index (χ3v) is 6.13. The van der Waals surface area contributed by atoms with Crippen LogP contribution in [0.2, 0.25) is 0 Å². The average Bonchev–Trinajstić information content (AvgIpc) is 3.09. The van der Waals surface area contributed by atoms with Crippen LogP contribution >= 0.6 is 11.3 Å². The van der Waals surface area contributed by atoms with Gasteiger partial charge < -0.3 is 5.32 Å². The second kappa shape index (κ2) is 9.01. The maximum absolute atomic E-state index is 12.3. The number of fused-ring (bicyclic) bond motifs is 1. The maximum Gasteiger partial charge on any atom is 0.279 e. The molecule has 0 aliphatic heterocycles. The lowest BCUT2D eigenvalue weighted by atomic mass is 9.90. The van der Waals surface area contributed by atoms with Crippen molar-refractivity contribution in [3.05, 3.63) is 56.8 Å². The standard InChI is InChI=1S/C21H25N3O3S/c1-13-7-8-17-15(11-13)12-18(28-17)21(27)24-23-19(25)9-10-22-20(26)16-6-4-3-5-14(16)2/h3-6,12-13H,7-11H2,1-2H3,(H,22,26)(H,23,25)(H,24,27)/t13-/m0/s1. The van der Waals surface area contributed by atoms with Gasteiger partial charge in [-0.2, -0.15) is 0 Å². The van der Waals surface area contributed by atoms with Gasteiger partial charge in [0.15, 0.2) is 0 Å². The number of hydrazine groups is 1. The van der Waals surface area contributed by atoms with Crippen LogP contribution in [0.4, 0.5) is 0 Å². The van der Waals surface area contributed by atoms with Gasteiger partial charge in [-0.1, -0.05) is 25.1 Å². The Balaban J connectivity index is 1.41. The predicted octanol–water partition coefficient (Wildman–Crippen LogP) is 2.76. The fourth-order valence-corrected chi connectivity index (χ4v) is 4.38. The van der Waals surface area contributed by atoms with Gasteiger partial charge in [0.25, 0.3) is 11.8 Å². The smallest absolute Gasteiger partial charge is 0.279 e. The van der Waals surface area contributed by atoms with E-state index in [4.69, 9.17) is 0 Å². The van der Waals surface area contributed by atoms with E-state index in [1.54, 1.807) is 12.1 Å². The zero-order chi connectivity index (χ0) is 20.1. The maximum atomic E-state index is 12.3. The highest BCUT2D eigenvalue weighted by molar-refractivity contribution is 7.14. The minimum Gasteiger partial charge on any atom is -0.352 e. The minimum absolute atomic E-state index is 0.0797. The van der Waals surface area contributed by atoms with Crippen molar-refractivity contribution in [3.8, 4) is 0 Å². The first-order chi connectivity index (χ1) is 13.4. The predicted molar refractivity (Wildman–Crippen MR) is 109 cm³/mol. The molecule has 6 nitrogen and oxygen atoms in total. The van der Waals surface area contributed by atoms with E-state index < -0.39 is 0 Å². The number of aryl methyl sites for hydroxylation is 2. The molecule has 3 N–H and O–H groups in total. The zero-order valence-electron chi connectivity index (χ0n) is 16.1. The lowest BCUT2D eigenvalue weighted by Crippen LogP contribution is -2.42. The van der Waals surface area contributed by atoms with Crippen LogP contribution in [-0.2, 0) is 17.6 Å². The van der Waals surface area contributed by atoms with Gasteiger partial charge in [-0.3, -0.25) is 25.2 Å². The van der Waals surface area contributed by atoms with Crippen molar-refractivity contribution in [2.24, 2.45) is 5.92 Å². The van der Waals surface area contributed by atoms with E-state index in [1.165, 1.54) is 21.8 Å². The molecule has 3 amide bonds. The molecule has 0 saturated heterocycles. The van der Waals surface area contributed by atoms with Crippen LogP contribution in [0.5, 0.6) is 0 Å². The summed E-state index contributed by atoms with van der Waals surface area (Å²) in [5.74, 6) is -0.223. The molecule has 148 valence electrons. The summed E-state index contributed by atoms with van der Waals surface area (Å²) in [5.41, 5.74) is 7.59. The molecular weight excluding hydrogens is 374 g/mol. The highest BCUT2D eigenvalue weighted by Crippen LogP contribution is 2.32. The summed E-state index contributed by atoms with van der Waals surface area (Å²) in [5, 5.41) is 2.72. The Hall–Kier alpha value is -2.67. The number of hydrogen-bond donors (Lipinski definition) is 3. The molecule has 28 heavy (non-hydrogen) atoms. The summed E-state index contributed by atoms with van der Waals surface area (Å²) in [4.78, 5) is 38.2. The van der Waals surface area contributed by atoms with Gasteiger partial charge in [-0.25, -0.2) is 0 Å². The average molecular weight is 400 g/mol. The molecule has 0 spiro atoms. The van der Waals surface area contributed by atoms with Crippen molar-refractivity contribution in [2.45, 2.75) is 39.5 Å². The third kappa shape index (κ3) is 4.98. The summed E-state index contributed by atoms with van der Waals surface area (Å²) in [6.07, 6.45) is 3.25. The summed E-state index contributed by atoms with van der Waals surface area (Å²) in [6, 6.07) is 9.20. The fourth-order valence-electron chi connectivity index (χ4n) is 3.28. The van der Waals surface area contributed by atoms with Gasteiger partial charge in [-0.05, 0) is 55.4 Å². The monoisotopic (exact) mass is 399 g/mol. The van der Waals surface area contributed by atoms with Crippen molar-refractivity contribution in [3.63, 3.8) is 0 Å². The molecule has 2 aromatic rings. The van der Waals surface area contributed by atoms with Gasteiger partial charge in [0.1, 0.15) is 0 Å². The fraction of sp³-hybridized carbons (Fsp3) is 0.381. The summed E-state index contributed by atoms with van der Waals surface area (Å²) in [7, 11) is 0. The molecule has 7 heteroatoms. The Labute approximate surface area is 168 Å². The Kier molecular flexibility index (Phi) is 6.46. The second-order valence-corrected chi connectivity index (χ2v) is 8.37. The van der Waals surface area contributed by atoms with E-state index in [9.17, 15) is 14.4 Å². The number of thiophene rings is 1. The zero-order valence-corrected chi connectivity index (χ0v) is 16.9. The van der Waals surface area contributed by atoms with Crippen molar-refractivity contribution >= 4 is 29.1 Å². The van der Waals surface area contributed by atoms with E-state index in [2.05, 4.69) is 23.1 Å². The van der Waals surface area contributed by atoms with Crippen molar-refractivity contribution in [1.82, 2.24) is 16.2 Å². The van der Waals surface area contributed by atoms with Crippen LogP contribution in [0.1, 0.15) is 55.8 Å². The highest BCUT2D eigenvalue weighted by atomic mass is 32.1. The lowest BCUT2D eigenvalue weighted by molar-refractivity contribution is -0.121. The molecule has 0 bridgehead atoms. The van der Waals surface area contributed by atoms with E-state index in [1.807, 2.05) is 25.1 Å². The first kappa shape index (κ1) is 20.1. The van der Waals surface area contributed by atoms with Gasteiger partial charge >= 0.3 is 0 Å². The number of carbonyl (C=O) groups is 3. The molecule has 1 aliphatic carbocycles. The van der Waals surface area contributed by atoms with E-state index in [0.717, 1.165) is 24.8 Å². The summed E-state index contributed by atoms with van der Waals surface area (Å²) >= 11 is 1.50. The molecule has 1 aliphatic rings. The lowest BCUT2D eigenvalue weighted by Gasteiger charge is -2.16. The number of benzene rings is 1. The molecular formula is C21H25N3O3S. The molecule has 0 radical (unpaired) electrons. The molecule has 1 aromatic carbocycles. The van der Waals surface area contributed by atoms with Crippen molar-refractivity contribution in [2.75, 3.05) is 6.54 Å². The Morgan fingerprint density at radius 1 is 1.14 bits per heavy atom.